The van der Waals surface area contributed by atoms with Crippen molar-refractivity contribution in [1.29, 1.82) is 0 Å². The van der Waals surface area contributed by atoms with Crippen molar-refractivity contribution >= 4 is 21.6 Å². The fourth-order valence-electron chi connectivity index (χ4n) is 0.983. The van der Waals surface area contributed by atoms with E-state index in [0.29, 0.717) is 0 Å². The minimum atomic E-state index is 0.817. The van der Waals surface area contributed by atoms with Crippen molar-refractivity contribution in [3.8, 4) is 0 Å². The van der Waals surface area contributed by atoms with Gasteiger partial charge in [-0.05, 0) is 47.0 Å². The number of benzene rings is 1. The molecule has 1 nitrogen and oxygen atoms in total. The molecule has 0 saturated carbocycles. The van der Waals surface area contributed by atoms with Crippen LogP contribution in [-0.4, -0.2) is 0 Å². The molecular weight excluding hydrogens is 190 g/mol. The summed E-state index contributed by atoms with van der Waals surface area (Å²) >= 11 is 3.39. The van der Waals surface area contributed by atoms with Crippen LogP contribution in [0.25, 0.3) is 0 Å². The Morgan fingerprint density at radius 2 is 1.90 bits per heavy atom. The predicted molar refractivity (Wildman–Crippen MR) is 48.0 cm³/mol. The highest BCUT2D eigenvalue weighted by atomic mass is 79.9. The lowest BCUT2D eigenvalue weighted by Gasteiger charge is -2.02. The number of halogens is 1. The molecule has 0 unspecified atom stereocenters. The monoisotopic (exact) mass is 199 g/mol. The highest BCUT2D eigenvalue weighted by Gasteiger charge is 1.98. The van der Waals surface area contributed by atoms with E-state index in [1.165, 1.54) is 11.1 Å². The highest BCUT2D eigenvalue weighted by molar-refractivity contribution is 9.10. The van der Waals surface area contributed by atoms with E-state index in [1.807, 2.05) is 19.9 Å². The molecule has 2 heteroatoms. The van der Waals surface area contributed by atoms with Gasteiger partial charge in [-0.1, -0.05) is 6.07 Å². The molecule has 0 heterocycles. The van der Waals surface area contributed by atoms with Gasteiger partial charge in [0.1, 0.15) is 0 Å². The summed E-state index contributed by atoms with van der Waals surface area (Å²) in [5, 5.41) is 0. The third-order valence-corrected chi connectivity index (χ3v) is 2.51. The third kappa shape index (κ3) is 1.32. The Labute approximate surface area is 69.4 Å². The van der Waals surface area contributed by atoms with Crippen LogP contribution in [0.3, 0.4) is 0 Å². The summed E-state index contributed by atoms with van der Waals surface area (Å²) < 4.78 is 1.01. The normalized spacial score (nSPS) is 9.90. The number of nitrogen functional groups attached to an aromatic ring is 1. The second-order valence-electron chi connectivity index (χ2n) is 2.49. The van der Waals surface area contributed by atoms with Gasteiger partial charge in [-0.15, -0.1) is 0 Å². The molecule has 54 valence electrons. The zero-order chi connectivity index (χ0) is 7.72. The summed E-state index contributed by atoms with van der Waals surface area (Å²) in [5.41, 5.74) is 8.89. The lowest BCUT2D eigenvalue weighted by Crippen LogP contribution is -1.89. The van der Waals surface area contributed by atoms with Gasteiger partial charge < -0.3 is 5.73 Å². The molecule has 10 heavy (non-hydrogen) atoms. The van der Waals surface area contributed by atoms with Gasteiger partial charge in [0.15, 0.2) is 0 Å². The van der Waals surface area contributed by atoms with Crippen molar-refractivity contribution in [2.75, 3.05) is 5.73 Å². The molecule has 0 atom stereocenters. The first-order valence-electron chi connectivity index (χ1n) is 3.13. The number of aryl methyl sites for hydroxylation is 2. The fraction of sp³-hybridized carbons (Fsp3) is 0.250. The van der Waals surface area contributed by atoms with Gasteiger partial charge in [0.2, 0.25) is 0 Å². The van der Waals surface area contributed by atoms with Gasteiger partial charge in [0.25, 0.3) is 0 Å². The van der Waals surface area contributed by atoms with Crippen LogP contribution in [-0.2, 0) is 0 Å². The van der Waals surface area contributed by atoms with Crippen molar-refractivity contribution in [3.63, 3.8) is 0 Å². The Morgan fingerprint density at radius 1 is 1.30 bits per heavy atom. The smallest absolute Gasteiger partial charge is 0.0463 e. The molecule has 0 amide bonds. The van der Waals surface area contributed by atoms with E-state index in [4.69, 9.17) is 5.73 Å². The van der Waals surface area contributed by atoms with Crippen LogP contribution in [0.2, 0.25) is 0 Å². The maximum absolute atomic E-state index is 5.67. The lowest BCUT2D eigenvalue weighted by atomic mass is 10.1. The average molecular weight is 200 g/mol. The van der Waals surface area contributed by atoms with Crippen LogP contribution in [0.1, 0.15) is 11.1 Å². The van der Waals surface area contributed by atoms with Gasteiger partial charge in [-0.3, -0.25) is 0 Å². The van der Waals surface area contributed by atoms with Crippen molar-refractivity contribution in [1.82, 2.24) is 0 Å². The van der Waals surface area contributed by atoms with Crippen molar-refractivity contribution in [2.24, 2.45) is 0 Å². The van der Waals surface area contributed by atoms with Crippen molar-refractivity contribution in [3.05, 3.63) is 27.7 Å². The van der Waals surface area contributed by atoms with E-state index in [2.05, 4.69) is 22.0 Å². The minimum Gasteiger partial charge on any atom is -0.398 e. The summed E-state index contributed by atoms with van der Waals surface area (Å²) in [6, 6.07) is 4.05. The van der Waals surface area contributed by atoms with Gasteiger partial charge in [-0.25, -0.2) is 0 Å². The Kier molecular flexibility index (Phi) is 2.00. The molecular formula is C8H10BrN. The number of nitrogens with two attached hydrogens (primary N) is 1. The SMILES string of the molecule is Cc1cc(C)c(Br)c(N)c1. The Balaban J connectivity index is 3.31. The number of hydrogen-bond donors (Lipinski definition) is 1. The Bertz CT molecular complexity index is 232. The molecule has 2 N–H and O–H groups in total. The molecule has 1 aromatic carbocycles. The molecule has 1 rings (SSSR count). The van der Waals surface area contributed by atoms with Gasteiger partial charge >= 0.3 is 0 Å². The first-order valence-corrected chi connectivity index (χ1v) is 3.93. The van der Waals surface area contributed by atoms with Crippen LogP contribution < -0.4 is 5.73 Å². The molecule has 0 radical (unpaired) electrons. The molecule has 0 aliphatic carbocycles. The van der Waals surface area contributed by atoms with E-state index in [9.17, 15) is 0 Å². The van der Waals surface area contributed by atoms with E-state index in [-0.39, 0.29) is 0 Å². The maximum Gasteiger partial charge on any atom is 0.0463 e. The second kappa shape index (κ2) is 2.62. The molecule has 0 spiro atoms. The predicted octanol–water partition coefficient (Wildman–Crippen LogP) is 2.65. The van der Waals surface area contributed by atoms with Crippen molar-refractivity contribution < 1.29 is 0 Å². The quantitative estimate of drug-likeness (QED) is 0.640. The molecule has 0 aliphatic heterocycles. The van der Waals surface area contributed by atoms with E-state index in [1.54, 1.807) is 0 Å². The summed E-state index contributed by atoms with van der Waals surface area (Å²) in [6.07, 6.45) is 0. The highest BCUT2D eigenvalue weighted by Crippen LogP contribution is 2.24. The number of anilines is 1. The first-order chi connectivity index (χ1) is 4.61. The Morgan fingerprint density at radius 3 is 2.40 bits per heavy atom. The largest absolute Gasteiger partial charge is 0.398 e. The summed E-state index contributed by atoms with van der Waals surface area (Å²) in [5.74, 6) is 0. The molecule has 0 fully saturated rings. The van der Waals surface area contributed by atoms with Crippen LogP contribution in [0, 0.1) is 13.8 Å². The minimum absolute atomic E-state index is 0.817. The van der Waals surface area contributed by atoms with Gasteiger partial charge in [0.05, 0.1) is 0 Å². The van der Waals surface area contributed by atoms with Crippen LogP contribution in [0.15, 0.2) is 16.6 Å². The lowest BCUT2D eigenvalue weighted by molar-refractivity contribution is 1.36. The van der Waals surface area contributed by atoms with E-state index < -0.39 is 0 Å². The van der Waals surface area contributed by atoms with Crippen molar-refractivity contribution in [2.45, 2.75) is 13.8 Å². The zero-order valence-corrected chi connectivity index (χ0v) is 7.70. The zero-order valence-electron chi connectivity index (χ0n) is 6.11. The van der Waals surface area contributed by atoms with Crippen LogP contribution >= 0.6 is 15.9 Å². The van der Waals surface area contributed by atoms with Gasteiger partial charge in [-0.2, -0.15) is 0 Å². The molecule has 0 aliphatic rings. The molecule has 0 saturated heterocycles. The topological polar surface area (TPSA) is 26.0 Å². The number of hydrogen-bond acceptors (Lipinski definition) is 1. The van der Waals surface area contributed by atoms with E-state index >= 15 is 0 Å². The third-order valence-electron chi connectivity index (χ3n) is 1.43. The maximum atomic E-state index is 5.67. The fourth-order valence-corrected chi connectivity index (χ4v) is 1.21. The molecule has 0 bridgehead atoms. The molecule has 0 aromatic heterocycles. The van der Waals surface area contributed by atoms with Crippen LogP contribution in [0.5, 0.6) is 0 Å². The van der Waals surface area contributed by atoms with E-state index in [0.717, 1.165) is 10.2 Å². The average Bonchev–Trinajstić information content (AvgIpc) is 1.82. The Hall–Kier alpha value is -0.500. The standard InChI is InChI=1S/C8H10BrN/c1-5-3-6(2)8(9)7(10)4-5/h3-4H,10H2,1-2H3. The summed E-state index contributed by atoms with van der Waals surface area (Å²) in [4.78, 5) is 0. The van der Waals surface area contributed by atoms with Crippen LogP contribution in [0.4, 0.5) is 5.69 Å². The molecule has 1 aromatic rings. The summed E-state index contributed by atoms with van der Waals surface area (Å²) in [7, 11) is 0. The summed E-state index contributed by atoms with van der Waals surface area (Å²) in [6.45, 7) is 4.07. The number of rotatable bonds is 0. The van der Waals surface area contributed by atoms with Gasteiger partial charge in [0, 0.05) is 10.2 Å². The first kappa shape index (κ1) is 7.61. The second-order valence-corrected chi connectivity index (χ2v) is 3.28.